The number of nitrogen functional groups attached to an aromatic ring is 1. The first-order valence-corrected chi connectivity index (χ1v) is 6.52. The van der Waals surface area contributed by atoms with E-state index in [0.717, 1.165) is 18.5 Å². The van der Waals surface area contributed by atoms with Crippen LogP contribution >= 0.6 is 0 Å². The van der Waals surface area contributed by atoms with E-state index in [1.807, 2.05) is 23.1 Å². The zero-order chi connectivity index (χ0) is 13.4. The molecule has 0 saturated carbocycles. The van der Waals surface area contributed by atoms with Crippen LogP contribution in [0.15, 0.2) is 36.5 Å². The molecule has 1 unspecified atom stereocenters. The van der Waals surface area contributed by atoms with Crippen molar-refractivity contribution >= 4 is 17.3 Å². The van der Waals surface area contributed by atoms with Gasteiger partial charge in [0.1, 0.15) is 5.69 Å². The number of carbonyl (C=O) groups is 1. The molecule has 1 atom stereocenters. The molecule has 1 aliphatic rings. The van der Waals surface area contributed by atoms with Crippen LogP contribution in [0, 0.1) is 0 Å². The topological polar surface area (TPSA) is 62.1 Å². The van der Waals surface area contributed by atoms with Gasteiger partial charge in [0.2, 0.25) is 0 Å². The van der Waals surface area contributed by atoms with Gasteiger partial charge in [0.05, 0.1) is 0 Å². The summed E-state index contributed by atoms with van der Waals surface area (Å²) < 4.78 is 0. The summed E-state index contributed by atoms with van der Waals surface area (Å²) in [6.45, 7) is 2.08. The number of aryl methyl sites for hydroxylation is 1. The number of H-pyrrole nitrogens is 1. The van der Waals surface area contributed by atoms with E-state index in [1.165, 1.54) is 5.56 Å². The van der Waals surface area contributed by atoms with E-state index in [1.54, 1.807) is 12.3 Å². The lowest BCUT2D eigenvalue weighted by molar-refractivity contribution is 0.0971. The molecule has 0 saturated heterocycles. The Morgan fingerprint density at radius 2 is 2.21 bits per heavy atom. The zero-order valence-corrected chi connectivity index (χ0v) is 10.9. The van der Waals surface area contributed by atoms with Gasteiger partial charge in [-0.2, -0.15) is 0 Å². The third-order valence-corrected chi connectivity index (χ3v) is 3.68. The van der Waals surface area contributed by atoms with Crippen molar-refractivity contribution < 1.29 is 4.79 Å². The van der Waals surface area contributed by atoms with Crippen LogP contribution in [0.2, 0.25) is 0 Å². The highest BCUT2D eigenvalue weighted by Gasteiger charge is 2.29. The van der Waals surface area contributed by atoms with E-state index in [9.17, 15) is 4.79 Å². The maximum absolute atomic E-state index is 12.6. The van der Waals surface area contributed by atoms with Crippen LogP contribution in [0.1, 0.15) is 29.4 Å². The summed E-state index contributed by atoms with van der Waals surface area (Å²) in [5.41, 5.74) is 9.04. The van der Waals surface area contributed by atoms with Gasteiger partial charge in [-0.1, -0.05) is 18.2 Å². The third kappa shape index (κ3) is 1.99. The first-order valence-electron chi connectivity index (χ1n) is 6.52. The molecule has 19 heavy (non-hydrogen) atoms. The minimum atomic E-state index is -0.0173. The van der Waals surface area contributed by atoms with E-state index >= 15 is 0 Å². The Morgan fingerprint density at radius 3 is 2.95 bits per heavy atom. The van der Waals surface area contributed by atoms with Crippen molar-refractivity contribution in [1.82, 2.24) is 4.98 Å². The van der Waals surface area contributed by atoms with Gasteiger partial charge >= 0.3 is 0 Å². The molecular weight excluding hydrogens is 238 g/mol. The molecule has 1 aromatic heterocycles. The molecule has 98 valence electrons. The van der Waals surface area contributed by atoms with E-state index < -0.39 is 0 Å². The fraction of sp³-hybridized carbons (Fsp3) is 0.267. The van der Waals surface area contributed by atoms with E-state index in [2.05, 4.69) is 18.0 Å². The number of hydrogen-bond acceptors (Lipinski definition) is 2. The van der Waals surface area contributed by atoms with Crippen molar-refractivity contribution in [3.8, 4) is 0 Å². The first kappa shape index (κ1) is 11.8. The summed E-state index contributed by atoms with van der Waals surface area (Å²) in [7, 11) is 0. The number of nitrogens with zero attached hydrogens (tertiary/aromatic N) is 1. The fourth-order valence-electron chi connectivity index (χ4n) is 2.66. The number of hydrogen-bond donors (Lipinski definition) is 2. The summed E-state index contributed by atoms with van der Waals surface area (Å²) in [6.07, 6.45) is 3.65. The number of nitrogens with two attached hydrogens (primary N) is 1. The summed E-state index contributed by atoms with van der Waals surface area (Å²) in [6, 6.07) is 9.98. The van der Waals surface area contributed by atoms with Gasteiger partial charge in [-0.15, -0.1) is 0 Å². The van der Waals surface area contributed by atoms with Crippen LogP contribution in [-0.4, -0.2) is 16.9 Å². The lowest BCUT2D eigenvalue weighted by atomic mass is 9.96. The number of anilines is 2. The number of carbonyl (C=O) groups excluding carboxylic acids is 1. The van der Waals surface area contributed by atoms with Crippen LogP contribution in [0.3, 0.4) is 0 Å². The van der Waals surface area contributed by atoms with E-state index in [4.69, 9.17) is 5.73 Å². The molecule has 4 heteroatoms. The quantitative estimate of drug-likeness (QED) is 0.822. The lowest BCUT2D eigenvalue weighted by Crippen LogP contribution is -2.42. The van der Waals surface area contributed by atoms with E-state index in [0.29, 0.717) is 11.4 Å². The molecule has 1 aromatic carbocycles. The van der Waals surface area contributed by atoms with Gasteiger partial charge < -0.3 is 15.6 Å². The standard InChI is InChI=1S/C15H17N3O/c1-10-6-7-11-4-2-3-5-14(11)18(10)15(19)13-8-12(16)9-17-13/h2-5,8-10,17H,6-7,16H2,1H3. The number of aromatic nitrogens is 1. The Hall–Kier alpha value is -2.23. The van der Waals surface area contributed by atoms with Gasteiger partial charge in [-0.25, -0.2) is 0 Å². The predicted molar refractivity (Wildman–Crippen MR) is 76.2 cm³/mol. The Kier molecular flexibility index (Phi) is 2.78. The van der Waals surface area contributed by atoms with Gasteiger partial charge in [-0.05, 0) is 37.5 Å². The normalized spacial score (nSPS) is 18.2. The highest BCUT2D eigenvalue weighted by Crippen LogP contribution is 2.31. The number of aromatic amines is 1. The predicted octanol–water partition coefficient (Wildman–Crippen LogP) is 2.58. The highest BCUT2D eigenvalue weighted by molar-refractivity contribution is 6.06. The first-order chi connectivity index (χ1) is 9.16. The number of para-hydroxylation sites is 1. The van der Waals surface area contributed by atoms with Gasteiger partial charge in [-0.3, -0.25) is 4.79 Å². The van der Waals surface area contributed by atoms with Crippen LogP contribution in [0.25, 0.3) is 0 Å². The minimum absolute atomic E-state index is 0.0173. The molecule has 4 nitrogen and oxygen atoms in total. The van der Waals surface area contributed by atoms with Crippen molar-refractivity contribution in [1.29, 1.82) is 0 Å². The molecule has 1 amide bonds. The molecule has 0 spiro atoms. The maximum atomic E-state index is 12.6. The molecule has 2 heterocycles. The molecule has 0 bridgehead atoms. The number of amides is 1. The van der Waals surface area contributed by atoms with E-state index in [-0.39, 0.29) is 11.9 Å². The summed E-state index contributed by atoms with van der Waals surface area (Å²) in [5.74, 6) is -0.0173. The molecule has 2 aromatic rings. The monoisotopic (exact) mass is 255 g/mol. The second-order valence-electron chi connectivity index (χ2n) is 5.04. The molecule has 1 aliphatic heterocycles. The summed E-state index contributed by atoms with van der Waals surface area (Å²) in [5, 5.41) is 0. The minimum Gasteiger partial charge on any atom is -0.397 e. The van der Waals surface area contributed by atoms with Gasteiger partial charge in [0, 0.05) is 23.6 Å². The Labute approximate surface area is 112 Å². The van der Waals surface area contributed by atoms with Crippen molar-refractivity contribution in [2.45, 2.75) is 25.8 Å². The van der Waals surface area contributed by atoms with Crippen LogP contribution in [0.5, 0.6) is 0 Å². The average Bonchev–Trinajstić information content (AvgIpc) is 2.85. The van der Waals surface area contributed by atoms with Crippen LogP contribution < -0.4 is 10.6 Å². The molecule has 0 aliphatic carbocycles. The largest absolute Gasteiger partial charge is 0.397 e. The number of fused-ring (bicyclic) bond motifs is 1. The zero-order valence-electron chi connectivity index (χ0n) is 10.9. The second kappa shape index (κ2) is 4.46. The number of benzene rings is 1. The number of nitrogens with one attached hydrogen (secondary N) is 1. The van der Waals surface area contributed by atoms with Crippen molar-refractivity contribution in [2.75, 3.05) is 10.6 Å². The Morgan fingerprint density at radius 1 is 1.42 bits per heavy atom. The Balaban J connectivity index is 2.02. The maximum Gasteiger partial charge on any atom is 0.275 e. The lowest BCUT2D eigenvalue weighted by Gasteiger charge is -2.35. The van der Waals surface area contributed by atoms with Gasteiger partial charge in [0.25, 0.3) is 5.91 Å². The van der Waals surface area contributed by atoms with Crippen LogP contribution in [0.4, 0.5) is 11.4 Å². The Bertz CT molecular complexity index is 617. The SMILES string of the molecule is CC1CCc2ccccc2N1C(=O)c1cc(N)c[nH]1. The smallest absolute Gasteiger partial charge is 0.275 e. The second-order valence-corrected chi connectivity index (χ2v) is 5.04. The van der Waals surface area contributed by atoms with Crippen LogP contribution in [-0.2, 0) is 6.42 Å². The molecular formula is C15H17N3O. The summed E-state index contributed by atoms with van der Waals surface area (Å²) in [4.78, 5) is 17.4. The summed E-state index contributed by atoms with van der Waals surface area (Å²) >= 11 is 0. The van der Waals surface area contributed by atoms with Crippen molar-refractivity contribution in [3.63, 3.8) is 0 Å². The van der Waals surface area contributed by atoms with Crippen molar-refractivity contribution in [3.05, 3.63) is 47.8 Å². The average molecular weight is 255 g/mol. The van der Waals surface area contributed by atoms with Gasteiger partial charge in [0.15, 0.2) is 0 Å². The molecule has 0 radical (unpaired) electrons. The number of rotatable bonds is 1. The molecule has 0 fully saturated rings. The molecule has 3 N–H and O–H groups in total. The molecule has 3 rings (SSSR count). The fourth-order valence-corrected chi connectivity index (χ4v) is 2.66. The highest BCUT2D eigenvalue weighted by atomic mass is 16.2. The van der Waals surface area contributed by atoms with Crippen molar-refractivity contribution in [2.24, 2.45) is 0 Å². The third-order valence-electron chi connectivity index (χ3n) is 3.68.